The standard InChI is InChI=1S/C29H28N2O3/c1-18-11-12-23(19(2)30-18)20-13-21-15-33-16-22(14-20)31(21)29(32)34-17-28-26-9-5-3-7-24(26)25-8-4-6-10-27(25)28/h3-13,21-22,28H,14-17H2,1-2H3. The van der Waals surface area contributed by atoms with Crippen LogP contribution in [0, 0.1) is 13.8 Å². The number of nitrogens with zero attached hydrogens (tertiary/aromatic N) is 2. The van der Waals surface area contributed by atoms with Gasteiger partial charge in [0.05, 0.1) is 25.3 Å². The fourth-order valence-electron chi connectivity index (χ4n) is 5.77. The van der Waals surface area contributed by atoms with Gasteiger partial charge in [-0.25, -0.2) is 4.79 Å². The first-order valence-electron chi connectivity index (χ1n) is 12.0. The molecule has 5 heteroatoms. The zero-order chi connectivity index (χ0) is 23.2. The second-order valence-electron chi connectivity index (χ2n) is 9.45. The molecule has 3 aliphatic rings. The molecule has 2 bridgehead atoms. The Hall–Kier alpha value is -3.44. The van der Waals surface area contributed by atoms with Crippen molar-refractivity contribution in [2.24, 2.45) is 0 Å². The van der Waals surface area contributed by atoms with Gasteiger partial charge >= 0.3 is 6.09 Å². The summed E-state index contributed by atoms with van der Waals surface area (Å²) >= 11 is 0. The molecule has 6 rings (SSSR count). The third kappa shape index (κ3) is 3.51. The average molecular weight is 453 g/mol. The summed E-state index contributed by atoms with van der Waals surface area (Å²) in [6.07, 6.45) is 2.65. The molecule has 0 spiro atoms. The fraction of sp³-hybridized carbons (Fsp3) is 0.310. The first-order valence-corrected chi connectivity index (χ1v) is 12.0. The molecule has 1 amide bonds. The van der Waals surface area contributed by atoms with Crippen LogP contribution in [0.4, 0.5) is 4.79 Å². The molecule has 5 nitrogen and oxygen atoms in total. The van der Waals surface area contributed by atoms with Crippen molar-refractivity contribution >= 4 is 11.7 Å². The van der Waals surface area contributed by atoms with Gasteiger partial charge in [-0.1, -0.05) is 60.7 Å². The molecule has 0 N–H and O–H groups in total. The van der Waals surface area contributed by atoms with Crippen LogP contribution >= 0.6 is 0 Å². The summed E-state index contributed by atoms with van der Waals surface area (Å²) in [6, 6.07) is 20.9. The molecule has 3 aromatic rings. The van der Waals surface area contributed by atoms with Gasteiger partial charge in [-0.15, -0.1) is 0 Å². The number of fused-ring (bicyclic) bond motifs is 5. The van der Waals surface area contributed by atoms with Gasteiger partial charge in [0.25, 0.3) is 0 Å². The van der Waals surface area contributed by atoms with Gasteiger partial charge < -0.3 is 9.47 Å². The van der Waals surface area contributed by atoms with Gasteiger partial charge in [0.15, 0.2) is 0 Å². The second kappa shape index (κ2) is 8.41. The van der Waals surface area contributed by atoms with Gasteiger partial charge in [-0.05, 0) is 59.7 Å². The number of carbonyl (C=O) groups is 1. The Bertz CT molecular complexity index is 1250. The van der Waals surface area contributed by atoms with Crippen LogP contribution in [0.25, 0.3) is 16.7 Å². The van der Waals surface area contributed by atoms with Gasteiger partial charge in [0.1, 0.15) is 6.61 Å². The van der Waals surface area contributed by atoms with E-state index >= 15 is 0 Å². The highest BCUT2D eigenvalue weighted by molar-refractivity contribution is 5.79. The van der Waals surface area contributed by atoms with Crippen LogP contribution < -0.4 is 0 Å². The summed E-state index contributed by atoms with van der Waals surface area (Å²) in [5, 5.41) is 0. The molecule has 1 saturated heterocycles. The maximum atomic E-state index is 13.4. The smallest absolute Gasteiger partial charge is 0.410 e. The topological polar surface area (TPSA) is 51.7 Å². The molecule has 1 fully saturated rings. The summed E-state index contributed by atoms with van der Waals surface area (Å²) < 4.78 is 11.8. The van der Waals surface area contributed by atoms with Crippen molar-refractivity contribution in [3.63, 3.8) is 0 Å². The normalized spacial score (nSPS) is 21.0. The van der Waals surface area contributed by atoms with E-state index in [9.17, 15) is 4.79 Å². The lowest BCUT2D eigenvalue weighted by Crippen LogP contribution is -2.56. The zero-order valence-electron chi connectivity index (χ0n) is 19.5. The summed E-state index contributed by atoms with van der Waals surface area (Å²) in [6.45, 7) is 5.40. The van der Waals surface area contributed by atoms with Crippen LogP contribution in [0.2, 0.25) is 0 Å². The average Bonchev–Trinajstić information content (AvgIpc) is 3.15. The number of pyridine rings is 1. The first-order chi connectivity index (χ1) is 16.6. The minimum atomic E-state index is -0.255. The molecule has 172 valence electrons. The third-order valence-electron chi connectivity index (χ3n) is 7.32. The van der Waals surface area contributed by atoms with Crippen LogP contribution in [0.3, 0.4) is 0 Å². The van der Waals surface area contributed by atoms with E-state index in [1.807, 2.05) is 24.8 Å². The maximum Gasteiger partial charge on any atom is 0.410 e. The van der Waals surface area contributed by atoms with Gasteiger partial charge in [0, 0.05) is 17.3 Å². The summed E-state index contributed by atoms with van der Waals surface area (Å²) in [7, 11) is 0. The summed E-state index contributed by atoms with van der Waals surface area (Å²) in [4.78, 5) is 19.9. The van der Waals surface area contributed by atoms with E-state index < -0.39 is 0 Å². The highest BCUT2D eigenvalue weighted by atomic mass is 16.6. The molecular weight excluding hydrogens is 424 g/mol. The quantitative estimate of drug-likeness (QED) is 0.526. The molecule has 3 heterocycles. The molecule has 34 heavy (non-hydrogen) atoms. The Balaban J connectivity index is 1.23. The van der Waals surface area contributed by atoms with Crippen LogP contribution in [0.15, 0.2) is 66.7 Å². The Kier molecular flexibility index (Phi) is 5.22. The van der Waals surface area contributed by atoms with Crippen LogP contribution in [0.1, 0.15) is 40.4 Å². The molecule has 1 aromatic heterocycles. The molecule has 0 radical (unpaired) electrons. The largest absolute Gasteiger partial charge is 0.448 e. The highest BCUT2D eigenvalue weighted by Crippen LogP contribution is 2.44. The van der Waals surface area contributed by atoms with E-state index in [0.29, 0.717) is 19.8 Å². The Labute approximate surface area is 200 Å². The SMILES string of the molecule is Cc1ccc(C2=CC3COCC(C2)N3C(=O)OCC2c3ccccc3-c3ccccc32)c(C)n1. The number of carbonyl (C=O) groups excluding carboxylic acids is 1. The number of aromatic nitrogens is 1. The van der Waals surface area contributed by atoms with Gasteiger partial charge in [-0.2, -0.15) is 0 Å². The lowest BCUT2D eigenvalue weighted by Gasteiger charge is -2.44. The van der Waals surface area contributed by atoms with E-state index in [1.54, 1.807) is 0 Å². The number of morpholine rings is 1. The number of hydrogen-bond donors (Lipinski definition) is 0. The monoisotopic (exact) mass is 452 g/mol. The highest BCUT2D eigenvalue weighted by Gasteiger charge is 2.40. The number of ether oxygens (including phenoxy) is 2. The number of benzene rings is 2. The molecule has 2 unspecified atom stereocenters. The van der Waals surface area contributed by atoms with Gasteiger partial charge in [-0.3, -0.25) is 9.88 Å². The Morgan fingerprint density at radius 2 is 1.68 bits per heavy atom. The third-order valence-corrected chi connectivity index (χ3v) is 7.32. The predicted molar refractivity (Wildman–Crippen MR) is 132 cm³/mol. The minimum Gasteiger partial charge on any atom is -0.448 e. The molecule has 0 saturated carbocycles. The fourth-order valence-corrected chi connectivity index (χ4v) is 5.77. The molecule has 1 aliphatic carbocycles. The second-order valence-corrected chi connectivity index (χ2v) is 9.45. The summed E-state index contributed by atoms with van der Waals surface area (Å²) in [5.74, 6) is 0.0598. The molecule has 2 aromatic carbocycles. The number of hydrogen-bond acceptors (Lipinski definition) is 4. The Morgan fingerprint density at radius 1 is 0.971 bits per heavy atom. The zero-order valence-corrected chi connectivity index (χ0v) is 19.5. The maximum absolute atomic E-state index is 13.4. The predicted octanol–water partition coefficient (Wildman–Crippen LogP) is 5.50. The van der Waals surface area contributed by atoms with E-state index in [2.05, 4.69) is 65.7 Å². The van der Waals surface area contributed by atoms with Crippen molar-refractivity contribution in [2.75, 3.05) is 19.8 Å². The van der Waals surface area contributed by atoms with Crippen LogP contribution in [0.5, 0.6) is 0 Å². The molecular formula is C29H28N2O3. The van der Waals surface area contributed by atoms with Crippen LogP contribution in [-0.4, -0.2) is 47.9 Å². The van der Waals surface area contributed by atoms with Crippen molar-refractivity contribution in [3.05, 3.63) is 94.8 Å². The Morgan fingerprint density at radius 3 is 2.35 bits per heavy atom. The molecule has 2 aliphatic heterocycles. The lowest BCUT2D eigenvalue weighted by atomic mass is 9.89. The van der Waals surface area contributed by atoms with Crippen molar-refractivity contribution in [2.45, 2.75) is 38.3 Å². The lowest BCUT2D eigenvalue weighted by molar-refractivity contribution is -0.0331. The van der Waals surface area contributed by atoms with Gasteiger partial charge in [0.2, 0.25) is 0 Å². The number of amides is 1. The van der Waals surface area contributed by atoms with E-state index in [1.165, 1.54) is 27.8 Å². The minimum absolute atomic E-state index is 0.0323. The van der Waals surface area contributed by atoms with E-state index in [-0.39, 0.29) is 24.1 Å². The van der Waals surface area contributed by atoms with E-state index in [4.69, 9.17) is 9.47 Å². The van der Waals surface area contributed by atoms with Crippen LogP contribution in [-0.2, 0) is 9.47 Å². The molecule has 2 atom stereocenters. The van der Waals surface area contributed by atoms with Crippen molar-refractivity contribution in [1.29, 1.82) is 0 Å². The van der Waals surface area contributed by atoms with Crippen molar-refractivity contribution < 1.29 is 14.3 Å². The van der Waals surface area contributed by atoms with Crippen molar-refractivity contribution in [3.8, 4) is 11.1 Å². The number of aryl methyl sites for hydroxylation is 2. The van der Waals surface area contributed by atoms with E-state index in [0.717, 1.165) is 23.4 Å². The first kappa shape index (κ1) is 21.1. The van der Waals surface area contributed by atoms with Crippen molar-refractivity contribution in [1.82, 2.24) is 9.88 Å². The summed E-state index contributed by atoms with van der Waals surface area (Å²) in [5.41, 5.74) is 9.36. The number of rotatable bonds is 3.